The van der Waals surface area contributed by atoms with E-state index in [1.54, 1.807) is 12.3 Å². The van der Waals surface area contributed by atoms with Crippen molar-refractivity contribution in [2.45, 2.75) is 20.4 Å². The quantitative estimate of drug-likeness (QED) is 0.919. The van der Waals surface area contributed by atoms with Gasteiger partial charge in [-0.05, 0) is 31.5 Å². The van der Waals surface area contributed by atoms with Gasteiger partial charge >= 0.3 is 0 Å². The van der Waals surface area contributed by atoms with E-state index in [1.807, 2.05) is 32.0 Å². The first kappa shape index (κ1) is 12.9. The number of hydrogen-bond donors (Lipinski definition) is 1. The highest BCUT2D eigenvalue weighted by Crippen LogP contribution is 2.30. The van der Waals surface area contributed by atoms with Crippen molar-refractivity contribution in [2.75, 3.05) is 0 Å². The lowest BCUT2D eigenvalue weighted by atomic mass is 10.2. The molecule has 0 aliphatic rings. The smallest absolute Gasteiger partial charge is 0.135 e. The summed E-state index contributed by atoms with van der Waals surface area (Å²) in [4.78, 5) is 4.21. The Morgan fingerprint density at radius 2 is 2.00 bits per heavy atom. The van der Waals surface area contributed by atoms with Crippen LogP contribution < -0.4 is 10.5 Å². The number of rotatable bonds is 3. The van der Waals surface area contributed by atoms with Gasteiger partial charge in [-0.25, -0.2) is 0 Å². The summed E-state index contributed by atoms with van der Waals surface area (Å²) >= 11 is 5.97. The standard InChI is InChI=1S/C14H15ClN2O/c1-9-3-4-12(15)6-13(9)18-14-5-10(2)17-8-11(14)7-16/h3-6,8H,7,16H2,1-2H3. The van der Waals surface area contributed by atoms with E-state index in [-0.39, 0.29) is 0 Å². The normalized spacial score (nSPS) is 10.4. The van der Waals surface area contributed by atoms with Crippen molar-refractivity contribution in [1.82, 2.24) is 4.98 Å². The molecule has 1 heterocycles. The van der Waals surface area contributed by atoms with Crippen LogP contribution in [0.1, 0.15) is 16.8 Å². The van der Waals surface area contributed by atoms with Gasteiger partial charge in [0.2, 0.25) is 0 Å². The summed E-state index contributed by atoms with van der Waals surface area (Å²) in [5.74, 6) is 1.47. The zero-order chi connectivity index (χ0) is 13.1. The van der Waals surface area contributed by atoms with Crippen LogP contribution in [-0.4, -0.2) is 4.98 Å². The molecule has 4 heteroatoms. The number of hydrogen-bond acceptors (Lipinski definition) is 3. The molecule has 18 heavy (non-hydrogen) atoms. The third-order valence-corrected chi connectivity index (χ3v) is 2.91. The second kappa shape index (κ2) is 5.38. The SMILES string of the molecule is Cc1cc(Oc2cc(Cl)ccc2C)c(CN)cn1. The van der Waals surface area contributed by atoms with Gasteiger partial charge in [0.15, 0.2) is 0 Å². The Hall–Kier alpha value is -1.58. The molecule has 0 aliphatic carbocycles. The van der Waals surface area contributed by atoms with Crippen molar-refractivity contribution in [2.24, 2.45) is 5.73 Å². The number of benzene rings is 1. The predicted octanol–water partition coefficient (Wildman–Crippen LogP) is 3.60. The molecule has 0 saturated carbocycles. The molecule has 0 fully saturated rings. The van der Waals surface area contributed by atoms with Gasteiger partial charge in [0.05, 0.1) is 0 Å². The fourth-order valence-electron chi connectivity index (χ4n) is 1.61. The lowest BCUT2D eigenvalue weighted by Crippen LogP contribution is -2.01. The van der Waals surface area contributed by atoms with E-state index >= 15 is 0 Å². The largest absolute Gasteiger partial charge is 0.457 e. The fraction of sp³-hybridized carbons (Fsp3) is 0.214. The molecule has 0 bridgehead atoms. The van der Waals surface area contributed by atoms with Crippen LogP contribution >= 0.6 is 11.6 Å². The van der Waals surface area contributed by atoms with Crippen molar-refractivity contribution in [3.63, 3.8) is 0 Å². The molecule has 0 unspecified atom stereocenters. The van der Waals surface area contributed by atoms with Crippen LogP contribution in [0.4, 0.5) is 0 Å². The number of aromatic nitrogens is 1. The highest BCUT2D eigenvalue weighted by Gasteiger charge is 2.07. The first-order valence-corrected chi connectivity index (χ1v) is 6.07. The van der Waals surface area contributed by atoms with Gasteiger partial charge in [0, 0.05) is 35.1 Å². The third kappa shape index (κ3) is 2.81. The highest BCUT2D eigenvalue weighted by molar-refractivity contribution is 6.30. The second-order valence-corrected chi connectivity index (χ2v) is 4.59. The minimum atomic E-state index is 0.391. The number of pyridine rings is 1. The molecule has 94 valence electrons. The van der Waals surface area contributed by atoms with Crippen LogP contribution in [0.3, 0.4) is 0 Å². The summed E-state index contributed by atoms with van der Waals surface area (Å²) in [6.45, 7) is 4.28. The van der Waals surface area contributed by atoms with Crippen LogP contribution in [0.25, 0.3) is 0 Å². The van der Waals surface area contributed by atoms with Gasteiger partial charge in [-0.3, -0.25) is 4.98 Å². The Kier molecular flexibility index (Phi) is 3.84. The van der Waals surface area contributed by atoms with E-state index < -0.39 is 0 Å². The predicted molar refractivity (Wildman–Crippen MR) is 73.1 cm³/mol. The van der Waals surface area contributed by atoms with Gasteiger partial charge in [-0.15, -0.1) is 0 Å². The third-order valence-electron chi connectivity index (χ3n) is 2.67. The summed E-state index contributed by atoms with van der Waals surface area (Å²) in [7, 11) is 0. The average molecular weight is 263 g/mol. The van der Waals surface area contributed by atoms with Gasteiger partial charge < -0.3 is 10.5 Å². The number of ether oxygens (including phenoxy) is 1. The molecule has 0 spiro atoms. The summed E-state index contributed by atoms with van der Waals surface area (Å²) in [5, 5.41) is 0.649. The number of aryl methyl sites for hydroxylation is 2. The Balaban J connectivity index is 2.38. The Morgan fingerprint density at radius 3 is 2.72 bits per heavy atom. The minimum Gasteiger partial charge on any atom is -0.457 e. The summed E-state index contributed by atoms with van der Waals surface area (Å²) in [6, 6.07) is 7.44. The molecule has 0 amide bonds. The number of nitrogens with two attached hydrogens (primary N) is 1. The number of halogens is 1. The maximum absolute atomic E-state index is 5.97. The molecule has 0 radical (unpaired) electrons. The fourth-order valence-corrected chi connectivity index (χ4v) is 1.78. The second-order valence-electron chi connectivity index (χ2n) is 4.15. The average Bonchev–Trinajstić information content (AvgIpc) is 2.34. The topological polar surface area (TPSA) is 48.1 Å². The van der Waals surface area contributed by atoms with Crippen LogP contribution in [0.2, 0.25) is 5.02 Å². The van der Waals surface area contributed by atoms with Crippen LogP contribution in [0.5, 0.6) is 11.5 Å². The van der Waals surface area contributed by atoms with E-state index in [4.69, 9.17) is 22.1 Å². The van der Waals surface area contributed by atoms with Gasteiger partial charge in [-0.2, -0.15) is 0 Å². The molecule has 3 nitrogen and oxygen atoms in total. The maximum atomic E-state index is 5.97. The zero-order valence-corrected chi connectivity index (χ0v) is 11.2. The number of nitrogens with zero attached hydrogens (tertiary/aromatic N) is 1. The lowest BCUT2D eigenvalue weighted by molar-refractivity contribution is 0.471. The molecule has 2 aromatic rings. The molecule has 2 rings (SSSR count). The Bertz CT molecular complexity index is 570. The summed E-state index contributed by atoms with van der Waals surface area (Å²) in [5.41, 5.74) is 8.47. The zero-order valence-electron chi connectivity index (χ0n) is 10.4. The minimum absolute atomic E-state index is 0.391. The summed E-state index contributed by atoms with van der Waals surface area (Å²) in [6.07, 6.45) is 1.74. The molecule has 1 aromatic heterocycles. The van der Waals surface area contributed by atoms with Crippen molar-refractivity contribution in [1.29, 1.82) is 0 Å². The van der Waals surface area contributed by atoms with E-state index in [2.05, 4.69) is 4.98 Å². The molecule has 0 saturated heterocycles. The van der Waals surface area contributed by atoms with E-state index in [0.29, 0.717) is 11.6 Å². The van der Waals surface area contributed by atoms with Crippen molar-refractivity contribution < 1.29 is 4.74 Å². The highest BCUT2D eigenvalue weighted by atomic mass is 35.5. The van der Waals surface area contributed by atoms with E-state index in [9.17, 15) is 0 Å². The van der Waals surface area contributed by atoms with Gasteiger partial charge in [0.25, 0.3) is 0 Å². The molecule has 0 aliphatic heterocycles. The van der Waals surface area contributed by atoms with E-state index in [1.165, 1.54) is 0 Å². The molecular weight excluding hydrogens is 248 g/mol. The lowest BCUT2D eigenvalue weighted by Gasteiger charge is -2.12. The molecule has 0 atom stereocenters. The first-order chi connectivity index (χ1) is 8.60. The van der Waals surface area contributed by atoms with Crippen molar-refractivity contribution in [3.8, 4) is 11.5 Å². The molecule has 2 N–H and O–H groups in total. The van der Waals surface area contributed by atoms with Gasteiger partial charge in [0.1, 0.15) is 11.5 Å². The Labute approximate surface area is 112 Å². The van der Waals surface area contributed by atoms with E-state index in [0.717, 1.165) is 28.3 Å². The van der Waals surface area contributed by atoms with Crippen LogP contribution in [-0.2, 0) is 6.54 Å². The van der Waals surface area contributed by atoms with Crippen LogP contribution in [0, 0.1) is 13.8 Å². The summed E-state index contributed by atoms with van der Waals surface area (Å²) < 4.78 is 5.89. The van der Waals surface area contributed by atoms with Crippen LogP contribution in [0.15, 0.2) is 30.5 Å². The molecular formula is C14H15ClN2O. The first-order valence-electron chi connectivity index (χ1n) is 5.69. The maximum Gasteiger partial charge on any atom is 0.135 e. The van der Waals surface area contributed by atoms with Crippen molar-refractivity contribution in [3.05, 3.63) is 52.3 Å². The molecule has 1 aromatic carbocycles. The van der Waals surface area contributed by atoms with Gasteiger partial charge in [-0.1, -0.05) is 17.7 Å². The Morgan fingerprint density at radius 1 is 1.22 bits per heavy atom. The monoisotopic (exact) mass is 262 g/mol. The van der Waals surface area contributed by atoms with Crippen molar-refractivity contribution >= 4 is 11.6 Å².